The topological polar surface area (TPSA) is 47.1 Å². The summed E-state index contributed by atoms with van der Waals surface area (Å²) in [6.45, 7) is 5.96. The van der Waals surface area contributed by atoms with Gasteiger partial charge in [-0.1, -0.05) is 12.8 Å². The normalized spacial score (nSPS) is 19.0. The van der Waals surface area contributed by atoms with Gasteiger partial charge in [0.1, 0.15) is 0 Å². The maximum atomic E-state index is 6.01. The Balaban J connectivity index is 2.03. The lowest BCUT2D eigenvalue weighted by molar-refractivity contribution is 0.122. The number of aromatic nitrogens is 2. The summed E-state index contributed by atoms with van der Waals surface area (Å²) < 4.78 is 2.02. The van der Waals surface area contributed by atoms with Crippen LogP contribution in [0.5, 0.6) is 0 Å². The molecule has 0 aromatic carbocycles. The fourth-order valence-corrected chi connectivity index (χ4v) is 2.93. The Kier molecular flexibility index (Phi) is 4.07. The summed E-state index contributed by atoms with van der Waals surface area (Å²) >= 11 is 0. The van der Waals surface area contributed by atoms with Crippen molar-refractivity contribution in [1.29, 1.82) is 0 Å². The van der Waals surface area contributed by atoms with E-state index in [1.807, 2.05) is 4.68 Å². The standard InChI is InChI=1S/C14H26N4/c1-12(2)18-9-6-13(16-18)10-17(3)14(11-15)7-4-5-8-14/h6,9,12H,4-5,7-8,10-11,15H2,1-3H3. The molecule has 1 fully saturated rings. The molecule has 4 heteroatoms. The van der Waals surface area contributed by atoms with E-state index in [0.717, 1.165) is 18.8 Å². The third-order valence-corrected chi connectivity index (χ3v) is 4.32. The Morgan fingerprint density at radius 3 is 2.61 bits per heavy atom. The van der Waals surface area contributed by atoms with Gasteiger partial charge in [-0.25, -0.2) is 0 Å². The van der Waals surface area contributed by atoms with Crippen LogP contribution in [-0.4, -0.2) is 33.8 Å². The molecule has 102 valence electrons. The minimum Gasteiger partial charge on any atom is -0.329 e. The van der Waals surface area contributed by atoms with Gasteiger partial charge in [0.05, 0.1) is 5.69 Å². The maximum Gasteiger partial charge on any atom is 0.0764 e. The van der Waals surface area contributed by atoms with Gasteiger partial charge >= 0.3 is 0 Å². The third kappa shape index (κ3) is 2.59. The van der Waals surface area contributed by atoms with Crippen LogP contribution in [0.1, 0.15) is 51.3 Å². The zero-order valence-electron chi connectivity index (χ0n) is 11.9. The van der Waals surface area contributed by atoms with E-state index < -0.39 is 0 Å². The van der Waals surface area contributed by atoms with Crippen LogP contribution in [0.4, 0.5) is 0 Å². The summed E-state index contributed by atoms with van der Waals surface area (Å²) in [5, 5.41) is 4.62. The predicted octanol–water partition coefficient (Wildman–Crippen LogP) is 2.17. The smallest absolute Gasteiger partial charge is 0.0764 e. The minimum absolute atomic E-state index is 0.210. The summed E-state index contributed by atoms with van der Waals surface area (Å²) in [6.07, 6.45) is 7.14. The molecule has 0 spiro atoms. The zero-order chi connectivity index (χ0) is 13.2. The Morgan fingerprint density at radius 2 is 2.11 bits per heavy atom. The SMILES string of the molecule is CC(C)n1ccc(CN(C)C2(CN)CCCC2)n1. The largest absolute Gasteiger partial charge is 0.329 e. The van der Waals surface area contributed by atoms with Crippen molar-refractivity contribution in [2.75, 3.05) is 13.6 Å². The van der Waals surface area contributed by atoms with Gasteiger partial charge < -0.3 is 5.73 Å². The molecule has 1 aromatic rings. The van der Waals surface area contributed by atoms with E-state index >= 15 is 0 Å². The summed E-state index contributed by atoms with van der Waals surface area (Å²) in [5.74, 6) is 0. The lowest BCUT2D eigenvalue weighted by Crippen LogP contribution is -2.49. The summed E-state index contributed by atoms with van der Waals surface area (Å²) in [5.41, 5.74) is 7.36. The van der Waals surface area contributed by atoms with E-state index in [0.29, 0.717) is 6.04 Å². The highest BCUT2D eigenvalue weighted by Gasteiger charge is 2.36. The molecule has 1 saturated carbocycles. The van der Waals surface area contributed by atoms with E-state index in [1.54, 1.807) is 0 Å². The van der Waals surface area contributed by atoms with Crippen molar-refractivity contribution < 1.29 is 0 Å². The fourth-order valence-electron chi connectivity index (χ4n) is 2.93. The second-order valence-corrected chi connectivity index (χ2v) is 5.87. The first-order chi connectivity index (χ1) is 8.57. The van der Waals surface area contributed by atoms with Crippen LogP contribution in [0.3, 0.4) is 0 Å². The summed E-state index contributed by atoms with van der Waals surface area (Å²) in [4.78, 5) is 2.41. The quantitative estimate of drug-likeness (QED) is 0.871. The molecule has 2 rings (SSSR count). The molecular weight excluding hydrogens is 224 g/mol. The van der Waals surface area contributed by atoms with Gasteiger partial charge in [-0.3, -0.25) is 9.58 Å². The zero-order valence-corrected chi connectivity index (χ0v) is 11.9. The van der Waals surface area contributed by atoms with E-state index in [1.165, 1.54) is 25.7 Å². The molecule has 0 saturated heterocycles. The monoisotopic (exact) mass is 250 g/mol. The molecular formula is C14H26N4. The predicted molar refractivity (Wildman–Crippen MR) is 74.3 cm³/mol. The Labute approximate surface area is 110 Å². The third-order valence-electron chi connectivity index (χ3n) is 4.32. The van der Waals surface area contributed by atoms with Crippen LogP contribution < -0.4 is 5.73 Å². The second kappa shape index (κ2) is 5.41. The first kappa shape index (κ1) is 13.6. The molecule has 2 N–H and O–H groups in total. The Hall–Kier alpha value is -0.870. The van der Waals surface area contributed by atoms with E-state index in [2.05, 4.69) is 43.2 Å². The highest BCUT2D eigenvalue weighted by Crippen LogP contribution is 2.34. The maximum absolute atomic E-state index is 6.01. The number of nitrogens with two attached hydrogens (primary N) is 1. The molecule has 0 aliphatic heterocycles. The van der Waals surface area contributed by atoms with Gasteiger partial charge in [0.2, 0.25) is 0 Å². The Morgan fingerprint density at radius 1 is 1.44 bits per heavy atom. The molecule has 0 unspecified atom stereocenters. The molecule has 0 atom stereocenters. The molecule has 0 radical (unpaired) electrons. The number of nitrogens with zero attached hydrogens (tertiary/aromatic N) is 3. The molecule has 18 heavy (non-hydrogen) atoms. The van der Waals surface area contributed by atoms with Crippen LogP contribution in [0, 0.1) is 0 Å². The van der Waals surface area contributed by atoms with Crippen molar-refractivity contribution >= 4 is 0 Å². The number of likely N-dealkylation sites (N-methyl/N-ethyl adjacent to an activating group) is 1. The average molecular weight is 250 g/mol. The van der Waals surface area contributed by atoms with E-state index in [4.69, 9.17) is 5.73 Å². The fraction of sp³-hybridized carbons (Fsp3) is 0.786. The molecule has 1 aliphatic carbocycles. The van der Waals surface area contributed by atoms with Gasteiger partial charge in [-0.15, -0.1) is 0 Å². The van der Waals surface area contributed by atoms with Crippen molar-refractivity contribution in [3.8, 4) is 0 Å². The molecule has 1 aromatic heterocycles. The summed E-state index contributed by atoms with van der Waals surface area (Å²) in [7, 11) is 2.19. The van der Waals surface area contributed by atoms with Gasteiger partial charge in [0.15, 0.2) is 0 Å². The van der Waals surface area contributed by atoms with Crippen LogP contribution in [-0.2, 0) is 6.54 Å². The van der Waals surface area contributed by atoms with Crippen molar-refractivity contribution in [3.05, 3.63) is 18.0 Å². The van der Waals surface area contributed by atoms with Gasteiger partial charge in [0.25, 0.3) is 0 Å². The van der Waals surface area contributed by atoms with Gasteiger partial charge in [0, 0.05) is 30.9 Å². The molecule has 1 heterocycles. The average Bonchev–Trinajstić information content (AvgIpc) is 2.97. The summed E-state index contributed by atoms with van der Waals surface area (Å²) in [6, 6.07) is 2.55. The highest BCUT2D eigenvalue weighted by molar-refractivity contribution is 5.03. The molecule has 0 bridgehead atoms. The highest BCUT2D eigenvalue weighted by atomic mass is 15.3. The van der Waals surface area contributed by atoms with Gasteiger partial charge in [-0.2, -0.15) is 5.10 Å². The molecule has 0 amide bonds. The van der Waals surface area contributed by atoms with Crippen LogP contribution >= 0.6 is 0 Å². The van der Waals surface area contributed by atoms with Gasteiger partial charge in [-0.05, 0) is 39.8 Å². The van der Waals surface area contributed by atoms with E-state index in [-0.39, 0.29) is 5.54 Å². The number of hydrogen-bond acceptors (Lipinski definition) is 3. The lowest BCUT2D eigenvalue weighted by atomic mass is 9.95. The van der Waals surface area contributed by atoms with Crippen molar-refractivity contribution in [2.24, 2.45) is 5.73 Å². The van der Waals surface area contributed by atoms with Crippen molar-refractivity contribution in [2.45, 2.75) is 57.7 Å². The molecule has 4 nitrogen and oxygen atoms in total. The van der Waals surface area contributed by atoms with E-state index in [9.17, 15) is 0 Å². The van der Waals surface area contributed by atoms with Crippen molar-refractivity contribution in [1.82, 2.24) is 14.7 Å². The first-order valence-electron chi connectivity index (χ1n) is 7.03. The van der Waals surface area contributed by atoms with Crippen LogP contribution in [0.2, 0.25) is 0 Å². The Bertz CT molecular complexity index is 377. The minimum atomic E-state index is 0.210. The molecule has 1 aliphatic rings. The van der Waals surface area contributed by atoms with Crippen molar-refractivity contribution in [3.63, 3.8) is 0 Å². The second-order valence-electron chi connectivity index (χ2n) is 5.87. The van der Waals surface area contributed by atoms with Crippen LogP contribution in [0.25, 0.3) is 0 Å². The lowest BCUT2D eigenvalue weighted by Gasteiger charge is -2.37. The first-order valence-corrected chi connectivity index (χ1v) is 7.03. The van der Waals surface area contributed by atoms with Crippen LogP contribution in [0.15, 0.2) is 12.3 Å². The number of hydrogen-bond donors (Lipinski definition) is 1. The number of rotatable bonds is 5.